The third-order valence-corrected chi connectivity index (χ3v) is 3.38. The molecule has 0 fully saturated rings. The second-order valence-electron chi connectivity index (χ2n) is 6.10. The lowest BCUT2D eigenvalue weighted by atomic mass is 9.72. The van der Waals surface area contributed by atoms with Crippen LogP contribution in [0.3, 0.4) is 0 Å². The summed E-state index contributed by atoms with van der Waals surface area (Å²) >= 11 is 0. The highest BCUT2D eigenvalue weighted by Gasteiger charge is 2.34. The first-order valence-electron chi connectivity index (χ1n) is 6.73. The van der Waals surface area contributed by atoms with Crippen LogP contribution in [0.15, 0.2) is 0 Å². The standard InChI is InChI=1S/C14H26N2O3/c1-14(2,3)11(9-17)10(13(16)19)7-5-4-6-8-12(15)18/h9-11H,4-8H2,1-3H3,(H2,15,18)(H2,16,19). The van der Waals surface area contributed by atoms with Crippen LogP contribution in [-0.2, 0) is 14.4 Å². The van der Waals surface area contributed by atoms with Crippen molar-refractivity contribution in [3.05, 3.63) is 0 Å². The highest BCUT2D eigenvalue weighted by atomic mass is 16.1. The molecule has 0 bridgehead atoms. The summed E-state index contributed by atoms with van der Waals surface area (Å²) in [6.07, 6.45) is 4.05. The van der Waals surface area contributed by atoms with Crippen LogP contribution in [0.2, 0.25) is 0 Å². The quantitative estimate of drug-likeness (QED) is 0.488. The van der Waals surface area contributed by atoms with Crippen LogP contribution in [0, 0.1) is 17.3 Å². The monoisotopic (exact) mass is 270 g/mol. The predicted molar refractivity (Wildman–Crippen MR) is 74.0 cm³/mol. The second kappa shape index (κ2) is 7.92. The van der Waals surface area contributed by atoms with Crippen molar-refractivity contribution in [1.82, 2.24) is 0 Å². The summed E-state index contributed by atoms with van der Waals surface area (Å²) in [5, 5.41) is 0. The molecular weight excluding hydrogens is 244 g/mol. The Morgan fingerprint density at radius 2 is 1.68 bits per heavy atom. The highest BCUT2D eigenvalue weighted by molar-refractivity contribution is 5.80. The highest BCUT2D eigenvalue weighted by Crippen LogP contribution is 2.33. The predicted octanol–water partition coefficient (Wildman–Crippen LogP) is 1.38. The minimum Gasteiger partial charge on any atom is -0.370 e. The molecule has 0 heterocycles. The Morgan fingerprint density at radius 1 is 1.11 bits per heavy atom. The van der Waals surface area contributed by atoms with E-state index in [0.29, 0.717) is 19.3 Å². The van der Waals surface area contributed by atoms with Gasteiger partial charge >= 0.3 is 0 Å². The Labute approximate surface area is 115 Å². The second-order valence-corrected chi connectivity index (χ2v) is 6.10. The Kier molecular flexibility index (Phi) is 7.34. The van der Waals surface area contributed by atoms with Crippen molar-refractivity contribution in [2.45, 2.75) is 52.9 Å². The molecule has 4 N–H and O–H groups in total. The molecule has 0 aromatic carbocycles. The van der Waals surface area contributed by atoms with Gasteiger partial charge in [0, 0.05) is 18.3 Å². The summed E-state index contributed by atoms with van der Waals surface area (Å²) < 4.78 is 0. The van der Waals surface area contributed by atoms with E-state index in [4.69, 9.17) is 11.5 Å². The lowest BCUT2D eigenvalue weighted by Crippen LogP contribution is -2.37. The molecule has 0 aliphatic carbocycles. The summed E-state index contributed by atoms with van der Waals surface area (Å²) in [5.74, 6) is -1.55. The molecule has 0 aliphatic heterocycles. The van der Waals surface area contributed by atoms with Gasteiger partial charge in [-0.2, -0.15) is 0 Å². The maximum Gasteiger partial charge on any atom is 0.221 e. The van der Waals surface area contributed by atoms with Gasteiger partial charge in [-0.3, -0.25) is 9.59 Å². The van der Waals surface area contributed by atoms with E-state index in [0.717, 1.165) is 19.1 Å². The van der Waals surface area contributed by atoms with E-state index in [1.54, 1.807) is 0 Å². The van der Waals surface area contributed by atoms with Crippen molar-refractivity contribution in [1.29, 1.82) is 0 Å². The van der Waals surface area contributed by atoms with Gasteiger partial charge in [0.1, 0.15) is 6.29 Å². The van der Waals surface area contributed by atoms with Gasteiger partial charge in [-0.05, 0) is 18.3 Å². The molecule has 110 valence electrons. The van der Waals surface area contributed by atoms with Crippen molar-refractivity contribution < 1.29 is 14.4 Å². The van der Waals surface area contributed by atoms with E-state index in [1.807, 2.05) is 20.8 Å². The van der Waals surface area contributed by atoms with E-state index in [9.17, 15) is 14.4 Å². The molecule has 0 saturated heterocycles. The number of carbonyl (C=O) groups excluding carboxylic acids is 3. The lowest BCUT2D eigenvalue weighted by Gasteiger charge is -2.31. The minimum absolute atomic E-state index is 0.283. The summed E-state index contributed by atoms with van der Waals surface area (Å²) in [6.45, 7) is 5.78. The molecule has 5 heteroatoms. The van der Waals surface area contributed by atoms with Crippen molar-refractivity contribution in [2.24, 2.45) is 28.7 Å². The van der Waals surface area contributed by atoms with Gasteiger partial charge in [-0.25, -0.2) is 0 Å². The van der Waals surface area contributed by atoms with Crippen LogP contribution in [-0.4, -0.2) is 18.1 Å². The Morgan fingerprint density at radius 3 is 2.05 bits per heavy atom. The number of unbranched alkanes of at least 4 members (excludes halogenated alkanes) is 2. The molecule has 0 saturated carbocycles. The molecule has 2 atom stereocenters. The van der Waals surface area contributed by atoms with Crippen molar-refractivity contribution in [3.63, 3.8) is 0 Å². The van der Waals surface area contributed by atoms with Crippen LogP contribution < -0.4 is 11.5 Å². The summed E-state index contributed by atoms with van der Waals surface area (Å²) in [6, 6.07) is 0. The zero-order valence-corrected chi connectivity index (χ0v) is 12.1. The zero-order chi connectivity index (χ0) is 15.1. The summed E-state index contributed by atoms with van der Waals surface area (Å²) in [5.41, 5.74) is 10.2. The fourth-order valence-electron chi connectivity index (χ4n) is 2.24. The normalized spacial score (nSPS) is 14.7. The average Bonchev–Trinajstić information content (AvgIpc) is 2.24. The first kappa shape index (κ1) is 17.6. The number of rotatable bonds is 9. The third-order valence-electron chi connectivity index (χ3n) is 3.38. The number of hydrogen-bond donors (Lipinski definition) is 2. The first-order chi connectivity index (χ1) is 8.70. The van der Waals surface area contributed by atoms with Gasteiger partial charge in [0.05, 0.1) is 0 Å². The average molecular weight is 270 g/mol. The van der Waals surface area contributed by atoms with Crippen LogP contribution in [0.4, 0.5) is 0 Å². The fraction of sp³-hybridized carbons (Fsp3) is 0.786. The molecule has 19 heavy (non-hydrogen) atoms. The van der Waals surface area contributed by atoms with Gasteiger partial charge in [0.25, 0.3) is 0 Å². The third kappa shape index (κ3) is 6.94. The van der Waals surface area contributed by atoms with E-state index in [1.165, 1.54) is 0 Å². The number of amides is 2. The molecule has 2 amide bonds. The Balaban J connectivity index is 4.38. The number of carbonyl (C=O) groups is 3. The number of nitrogens with two attached hydrogens (primary N) is 2. The van der Waals surface area contributed by atoms with Crippen LogP contribution in [0.1, 0.15) is 52.9 Å². The summed E-state index contributed by atoms with van der Waals surface area (Å²) in [7, 11) is 0. The zero-order valence-electron chi connectivity index (χ0n) is 12.1. The minimum atomic E-state index is -0.439. The van der Waals surface area contributed by atoms with E-state index < -0.39 is 11.8 Å². The largest absolute Gasteiger partial charge is 0.370 e. The van der Waals surface area contributed by atoms with Crippen molar-refractivity contribution in [3.8, 4) is 0 Å². The lowest BCUT2D eigenvalue weighted by molar-refractivity contribution is -0.130. The SMILES string of the molecule is CC(C)(C)C(C=O)C(CCCCCC(N)=O)C(N)=O. The summed E-state index contributed by atoms with van der Waals surface area (Å²) in [4.78, 5) is 33.3. The van der Waals surface area contributed by atoms with Gasteiger partial charge in [0.15, 0.2) is 0 Å². The molecule has 0 aromatic heterocycles. The molecule has 5 nitrogen and oxygen atoms in total. The maximum atomic E-state index is 11.5. The van der Waals surface area contributed by atoms with Crippen LogP contribution in [0.25, 0.3) is 0 Å². The van der Waals surface area contributed by atoms with Crippen LogP contribution in [0.5, 0.6) is 0 Å². The van der Waals surface area contributed by atoms with Crippen LogP contribution >= 0.6 is 0 Å². The number of primary amides is 2. The molecule has 0 spiro atoms. The number of hydrogen-bond acceptors (Lipinski definition) is 3. The van der Waals surface area contributed by atoms with Gasteiger partial charge in [-0.1, -0.05) is 33.6 Å². The first-order valence-corrected chi connectivity index (χ1v) is 6.73. The molecular formula is C14H26N2O3. The van der Waals surface area contributed by atoms with E-state index >= 15 is 0 Å². The molecule has 0 radical (unpaired) electrons. The van der Waals surface area contributed by atoms with Gasteiger partial charge in [-0.15, -0.1) is 0 Å². The molecule has 0 rings (SSSR count). The van der Waals surface area contributed by atoms with E-state index in [-0.39, 0.29) is 17.2 Å². The van der Waals surface area contributed by atoms with Crippen molar-refractivity contribution in [2.75, 3.05) is 0 Å². The van der Waals surface area contributed by atoms with Gasteiger partial charge in [0.2, 0.25) is 11.8 Å². The fourth-order valence-corrected chi connectivity index (χ4v) is 2.24. The topological polar surface area (TPSA) is 103 Å². The molecule has 0 aromatic rings. The van der Waals surface area contributed by atoms with E-state index in [2.05, 4.69) is 0 Å². The number of aldehydes is 1. The van der Waals surface area contributed by atoms with Crippen molar-refractivity contribution >= 4 is 18.1 Å². The smallest absolute Gasteiger partial charge is 0.221 e. The van der Waals surface area contributed by atoms with Gasteiger partial charge < -0.3 is 16.3 Å². The Bertz CT molecular complexity index is 321. The molecule has 2 unspecified atom stereocenters. The Hall–Kier alpha value is -1.39. The molecule has 0 aliphatic rings. The maximum absolute atomic E-state index is 11.5.